The molecule has 1 aliphatic rings. The van der Waals surface area contributed by atoms with Gasteiger partial charge in [-0.2, -0.15) is 0 Å². The third-order valence-electron chi connectivity index (χ3n) is 4.86. The second-order valence-electron chi connectivity index (χ2n) is 8.58. The quantitative estimate of drug-likeness (QED) is 0.398. The summed E-state index contributed by atoms with van der Waals surface area (Å²) in [5.74, 6) is -1.77. The van der Waals surface area contributed by atoms with Gasteiger partial charge in [-0.15, -0.1) is 0 Å². The predicted molar refractivity (Wildman–Crippen MR) is 120 cm³/mol. The van der Waals surface area contributed by atoms with Crippen molar-refractivity contribution in [3.8, 4) is 0 Å². The molecule has 2 aromatic rings. The van der Waals surface area contributed by atoms with Gasteiger partial charge in [-0.05, 0) is 56.7 Å². The number of ether oxygens (including phenoxy) is 2. The molecule has 1 fully saturated rings. The number of nitro groups is 1. The number of anilines is 2. The number of hydrogen-bond acceptors (Lipinski definition) is 7. The summed E-state index contributed by atoms with van der Waals surface area (Å²) in [6, 6.07) is 7.86. The number of amides is 1. The number of nitrogens with zero attached hydrogens (tertiary/aromatic N) is 2. The maximum atomic E-state index is 13.8. The molecule has 1 saturated heterocycles. The third-order valence-corrected chi connectivity index (χ3v) is 4.86. The number of carbonyl (C=O) groups excluding carboxylic acids is 2. The molecule has 3 rings (SSSR count). The van der Waals surface area contributed by atoms with Crippen molar-refractivity contribution in [3.05, 3.63) is 63.5 Å². The number of esters is 1. The minimum atomic E-state index is -0.713. The molecule has 0 radical (unpaired) electrons. The van der Waals surface area contributed by atoms with Crippen molar-refractivity contribution in [2.24, 2.45) is 0 Å². The SMILES string of the molecule is CC(C)(C)OC(=O)Cc1cc(F)ccc1NC(=O)c1ccc(N2CCOCC2)c([N+](=O)[O-])c1. The maximum Gasteiger partial charge on any atom is 0.310 e. The molecule has 33 heavy (non-hydrogen) atoms. The summed E-state index contributed by atoms with van der Waals surface area (Å²) in [5.41, 5.74) is 0.00922. The first kappa shape index (κ1) is 24.1. The van der Waals surface area contributed by atoms with Crippen LogP contribution in [0, 0.1) is 15.9 Å². The monoisotopic (exact) mass is 459 g/mol. The van der Waals surface area contributed by atoms with Crippen LogP contribution in [-0.2, 0) is 20.7 Å². The van der Waals surface area contributed by atoms with Crippen LogP contribution in [-0.4, -0.2) is 48.7 Å². The molecule has 0 spiro atoms. The third kappa shape index (κ3) is 6.48. The van der Waals surface area contributed by atoms with Gasteiger partial charge in [0.25, 0.3) is 11.6 Å². The van der Waals surface area contributed by atoms with Gasteiger partial charge < -0.3 is 19.7 Å². The second-order valence-corrected chi connectivity index (χ2v) is 8.58. The average Bonchev–Trinajstić information content (AvgIpc) is 2.74. The van der Waals surface area contributed by atoms with Crippen molar-refractivity contribution < 1.29 is 28.4 Å². The average molecular weight is 459 g/mol. The van der Waals surface area contributed by atoms with E-state index < -0.39 is 28.2 Å². The summed E-state index contributed by atoms with van der Waals surface area (Å²) in [5, 5.41) is 14.3. The molecular formula is C23H26FN3O6. The van der Waals surface area contributed by atoms with Crippen LogP contribution in [0.5, 0.6) is 0 Å². The Morgan fingerprint density at radius 1 is 1.18 bits per heavy atom. The van der Waals surface area contributed by atoms with Crippen LogP contribution in [0.25, 0.3) is 0 Å². The molecule has 1 heterocycles. The molecule has 176 valence electrons. The summed E-state index contributed by atoms with van der Waals surface area (Å²) in [6.45, 7) is 7.09. The number of benzene rings is 2. The first-order valence-corrected chi connectivity index (χ1v) is 10.5. The number of nitro benzene ring substituents is 1. The van der Waals surface area contributed by atoms with E-state index in [0.29, 0.717) is 32.0 Å². The Morgan fingerprint density at radius 3 is 2.52 bits per heavy atom. The van der Waals surface area contributed by atoms with Gasteiger partial charge in [-0.25, -0.2) is 4.39 Å². The van der Waals surface area contributed by atoms with Crippen LogP contribution in [0.1, 0.15) is 36.7 Å². The van der Waals surface area contributed by atoms with E-state index in [4.69, 9.17) is 9.47 Å². The molecule has 1 amide bonds. The van der Waals surface area contributed by atoms with E-state index in [1.807, 2.05) is 4.90 Å². The summed E-state index contributed by atoms with van der Waals surface area (Å²) < 4.78 is 24.4. The van der Waals surface area contributed by atoms with Crippen LogP contribution in [0.4, 0.5) is 21.5 Å². The van der Waals surface area contributed by atoms with Gasteiger partial charge in [-0.3, -0.25) is 19.7 Å². The fourth-order valence-corrected chi connectivity index (χ4v) is 3.44. The predicted octanol–water partition coefficient (Wildman–Crippen LogP) is 3.71. The minimum absolute atomic E-state index is 0.0613. The Hall–Kier alpha value is -3.53. The van der Waals surface area contributed by atoms with E-state index in [1.165, 1.54) is 24.3 Å². The molecule has 9 nitrogen and oxygen atoms in total. The zero-order chi connectivity index (χ0) is 24.2. The molecule has 0 aromatic heterocycles. The highest BCUT2D eigenvalue weighted by molar-refractivity contribution is 6.05. The Labute approximate surface area is 190 Å². The standard InChI is InChI=1S/C23H26FN3O6/c1-23(2,3)33-21(28)14-16-12-17(24)5-6-18(16)25-22(29)15-4-7-19(20(13-15)27(30)31)26-8-10-32-11-9-26/h4-7,12-13H,8-11,14H2,1-3H3,(H,25,29). The first-order valence-electron chi connectivity index (χ1n) is 10.5. The molecule has 0 bridgehead atoms. The van der Waals surface area contributed by atoms with Crippen molar-refractivity contribution in [3.63, 3.8) is 0 Å². The Morgan fingerprint density at radius 2 is 1.88 bits per heavy atom. The summed E-state index contributed by atoms with van der Waals surface area (Å²) in [7, 11) is 0. The molecule has 0 unspecified atom stereocenters. The number of nitrogens with one attached hydrogen (secondary N) is 1. The zero-order valence-electron chi connectivity index (χ0n) is 18.7. The van der Waals surface area contributed by atoms with Gasteiger partial charge in [-0.1, -0.05) is 0 Å². The Balaban J connectivity index is 1.83. The molecule has 0 aliphatic carbocycles. The largest absolute Gasteiger partial charge is 0.460 e. The van der Waals surface area contributed by atoms with Crippen molar-refractivity contribution in [2.45, 2.75) is 32.8 Å². The van der Waals surface area contributed by atoms with E-state index in [0.717, 1.165) is 12.1 Å². The highest BCUT2D eigenvalue weighted by Crippen LogP contribution is 2.30. The van der Waals surface area contributed by atoms with Crippen LogP contribution in [0.2, 0.25) is 0 Å². The number of hydrogen-bond donors (Lipinski definition) is 1. The van der Waals surface area contributed by atoms with Crippen LogP contribution in [0.15, 0.2) is 36.4 Å². The molecule has 10 heteroatoms. The van der Waals surface area contributed by atoms with E-state index in [2.05, 4.69) is 5.32 Å². The highest BCUT2D eigenvalue weighted by atomic mass is 19.1. The maximum absolute atomic E-state index is 13.8. The molecule has 2 aromatic carbocycles. The number of rotatable bonds is 6. The molecule has 0 saturated carbocycles. The molecular weight excluding hydrogens is 433 g/mol. The lowest BCUT2D eigenvalue weighted by molar-refractivity contribution is -0.384. The van der Waals surface area contributed by atoms with Crippen LogP contribution >= 0.6 is 0 Å². The van der Waals surface area contributed by atoms with Crippen LogP contribution in [0.3, 0.4) is 0 Å². The van der Waals surface area contributed by atoms with Crippen molar-refractivity contribution in [1.29, 1.82) is 0 Å². The van der Waals surface area contributed by atoms with Gasteiger partial charge in [0.1, 0.15) is 17.1 Å². The van der Waals surface area contributed by atoms with Gasteiger partial charge in [0, 0.05) is 30.4 Å². The lowest BCUT2D eigenvalue weighted by atomic mass is 10.1. The van der Waals surface area contributed by atoms with Gasteiger partial charge in [0.2, 0.25) is 0 Å². The van der Waals surface area contributed by atoms with Crippen molar-refractivity contribution in [1.82, 2.24) is 0 Å². The van der Waals surface area contributed by atoms with E-state index in [1.54, 1.807) is 20.8 Å². The van der Waals surface area contributed by atoms with Gasteiger partial charge >= 0.3 is 5.97 Å². The van der Waals surface area contributed by atoms with Gasteiger partial charge in [0.05, 0.1) is 24.6 Å². The first-order chi connectivity index (χ1) is 15.5. The topological polar surface area (TPSA) is 111 Å². The lowest BCUT2D eigenvalue weighted by Crippen LogP contribution is -2.36. The van der Waals surface area contributed by atoms with Crippen LogP contribution < -0.4 is 10.2 Å². The Bertz CT molecular complexity index is 1060. The summed E-state index contributed by atoms with van der Waals surface area (Å²) in [6.07, 6.45) is -0.249. The second kappa shape index (κ2) is 9.95. The molecule has 0 atom stereocenters. The summed E-state index contributed by atoms with van der Waals surface area (Å²) in [4.78, 5) is 38.0. The number of halogens is 1. The number of morpholine rings is 1. The summed E-state index contributed by atoms with van der Waals surface area (Å²) >= 11 is 0. The van der Waals surface area contributed by atoms with Crippen molar-refractivity contribution >= 4 is 28.9 Å². The van der Waals surface area contributed by atoms with E-state index >= 15 is 0 Å². The smallest absolute Gasteiger partial charge is 0.310 e. The fraction of sp³-hybridized carbons (Fsp3) is 0.391. The van der Waals surface area contributed by atoms with E-state index in [-0.39, 0.29) is 28.9 Å². The zero-order valence-corrected chi connectivity index (χ0v) is 18.7. The fourth-order valence-electron chi connectivity index (χ4n) is 3.44. The minimum Gasteiger partial charge on any atom is -0.460 e. The normalized spacial score (nSPS) is 14.0. The lowest BCUT2D eigenvalue weighted by Gasteiger charge is -2.28. The Kier molecular flexibility index (Phi) is 7.27. The molecule has 1 aliphatic heterocycles. The highest BCUT2D eigenvalue weighted by Gasteiger charge is 2.24. The van der Waals surface area contributed by atoms with Crippen molar-refractivity contribution in [2.75, 3.05) is 36.5 Å². The molecule has 1 N–H and O–H groups in total. The van der Waals surface area contributed by atoms with E-state index in [9.17, 15) is 24.1 Å². The number of carbonyl (C=O) groups is 2. The van der Waals surface area contributed by atoms with Gasteiger partial charge in [0.15, 0.2) is 0 Å².